The summed E-state index contributed by atoms with van der Waals surface area (Å²) in [5, 5.41) is 16.8. The van der Waals surface area contributed by atoms with Gasteiger partial charge in [-0.15, -0.1) is 0 Å². The molecule has 0 radical (unpaired) electrons. The second-order valence-electron chi connectivity index (χ2n) is 2.69. The average Bonchev–Trinajstić information content (AvgIpc) is 2.22. The molecule has 108 valence electrons. The average molecular weight is 418 g/mol. The molecule has 0 aromatic rings. The van der Waals surface area contributed by atoms with Gasteiger partial charge in [-0.25, -0.2) is 0 Å². The second kappa shape index (κ2) is 12.1. The minimum absolute atomic E-state index is 0.229. The zero-order valence-corrected chi connectivity index (χ0v) is 12.9. The first-order chi connectivity index (χ1) is 8.18. The van der Waals surface area contributed by atoms with E-state index >= 15 is 0 Å². The topological polar surface area (TPSA) is 184 Å². The Morgan fingerprint density at radius 2 is 1.22 bits per heavy atom. The molecule has 12 heteroatoms. The van der Waals surface area contributed by atoms with Crippen LogP contribution in [0.25, 0.3) is 0 Å². The molecule has 0 spiro atoms. The van der Waals surface area contributed by atoms with E-state index in [1.54, 1.807) is 0 Å². The Hall–Kier alpha value is 0.0696. The number of hydrogen-bond acceptors (Lipinski definition) is 7. The molecule has 1 unspecified atom stereocenters. The molecule has 0 aliphatic heterocycles. The summed E-state index contributed by atoms with van der Waals surface area (Å²) in [7, 11) is 2.41. The molecular weight excluding hydrogens is 404 g/mol. The van der Waals surface area contributed by atoms with E-state index in [2.05, 4.69) is 0 Å². The molecule has 0 aromatic heterocycles. The van der Waals surface area contributed by atoms with Crippen molar-refractivity contribution in [3.63, 3.8) is 0 Å². The summed E-state index contributed by atoms with van der Waals surface area (Å²) >= 11 is -3.61. The molecule has 0 saturated heterocycles. The van der Waals surface area contributed by atoms with Gasteiger partial charge in [0, 0.05) is 11.5 Å². The Morgan fingerprint density at radius 1 is 1.00 bits per heavy atom. The molecule has 18 heavy (non-hydrogen) atoms. The molecule has 0 bridgehead atoms. The van der Waals surface area contributed by atoms with E-state index in [-0.39, 0.29) is 11.5 Å². The van der Waals surface area contributed by atoms with E-state index in [0.717, 1.165) is 0 Å². The van der Waals surface area contributed by atoms with Gasteiger partial charge in [-0.05, 0) is 0 Å². The summed E-state index contributed by atoms with van der Waals surface area (Å²) in [6.45, 7) is 0. The Labute approximate surface area is 118 Å². The third-order valence-electron chi connectivity index (χ3n) is 1.21. The van der Waals surface area contributed by atoms with Crippen molar-refractivity contribution in [1.82, 2.24) is 0 Å². The van der Waals surface area contributed by atoms with Gasteiger partial charge in [-0.2, -0.15) is 0 Å². The van der Waals surface area contributed by atoms with Crippen LogP contribution in [0.4, 0.5) is 0 Å². The van der Waals surface area contributed by atoms with Crippen molar-refractivity contribution in [2.45, 2.75) is 12.1 Å². The van der Waals surface area contributed by atoms with Crippen LogP contribution < -0.4 is 11.5 Å². The van der Waals surface area contributed by atoms with Gasteiger partial charge >= 0.3 is 42.3 Å². The first-order valence-corrected chi connectivity index (χ1v) is 9.72. The molecule has 0 aromatic carbocycles. The van der Waals surface area contributed by atoms with Crippen LogP contribution in [0.15, 0.2) is 0 Å². The Morgan fingerprint density at radius 3 is 1.39 bits per heavy atom. The second-order valence-corrected chi connectivity index (χ2v) is 6.56. The minimum atomic E-state index is -3.61. The molecule has 8 N–H and O–H groups in total. The van der Waals surface area contributed by atoms with Crippen molar-refractivity contribution in [2.75, 3.05) is 11.5 Å². The molecule has 0 aliphatic carbocycles. The van der Waals surface area contributed by atoms with Crippen molar-refractivity contribution >= 4 is 53.9 Å². The van der Waals surface area contributed by atoms with Crippen molar-refractivity contribution in [2.24, 2.45) is 11.5 Å². The third kappa shape index (κ3) is 16.1. The summed E-state index contributed by atoms with van der Waals surface area (Å²) in [6.07, 6.45) is 0. The van der Waals surface area contributed by atoms with E-state index < -0.39 is 44.4 Å². The maximum atomic E-state index is 10.3. The van der Waals surface area contributed by atoms with Crippen LogP contribution in [0, 0.1) is 0 Å². The van der Waals surface area contributed by atoms with Crippen LogP contribution in [0.2, 0.25) is 0 Å². The third-order valence-corrected chi connectivity index (χ3v) is 3.69. The summed E-state index contributed by atoms with van der Waals surface area (Å²) in [5.74, 6) is -1.68. The number of nitrogens with two attached hydrogens (primary N) is 2. The molecule has 0 heterocycles. The predicted molar refractivity (Wildman–Crippen MR) is 67.0 cm³/mol. The van der Waals surface area contributed by atoms with Crippen LogP contribution in [0.3, 0.4) is 0 Å². The fraction of sp³-hybridized carbons (Fsp3) is 0.667. The van der Waals surface area contributed by atoms with Gasteiger partial charge in [-0.1, -0.05) is 21.6 Å². The zero-order valence-electron chi connectivity index (χ0n) is 8.96. The van der Waals surface area contributed by atoms with Gasteiger partial charge in [0.15, 0.2) is 0 Å². The monoisotopic (exact) mass is 420 g/mol. The molecule has 0 aliphatic rings. The number of carboxylic acids is 2. The van der Waals surface area contributed by atoms with Gasteiger partial charge in [-0.3, -0.25) is 9.59 Å². The van der Waals surface area contributed by atoms with Crippen molar-refractivity contribution in [3.8, 4) is 0 Å². The Bertz CT molecular complexity index is 267. The summed E-state index contributed by atoms with van der Waals surface area (Å²) in [5.41, 5.74) is 10.4. The Balaban J connectivity index is 0. The summed E-state index contributed by atoms with van der Waals surface area (Å²) < 4.78 is 23.3. The van der Waals surface area contributed by atoms with E-state index in [9.17, 15) is 9.59 Å². The quantitative estimate of drug-likeness (QED) is 0.147. The van der Waals surface area contributed by atoms with Crippen molar-refractivity contribution < 1.29 is 29.8 Å². The van der Waals surface area contributed by atoms with Gasteiger partial charge in [0.2, 0.25) is 0 Å². The fourth-order valence-electron chi connectivity index (χ4n) is 0.385. The molecule has 2 atom stereocenters. The summed E-state index contributed by atoms with van der Waals surface area (Å²) in [4.78, 5) is 20.5. The van der Waals surface area contributed by atoms with Crippen LogP contribution >= 0.6 is 21.6 Å². The molecule has 0 fully saturated rings. The van der Waals surface area contributed by atoms with Crippen LogP contribution in [0.5, 0.6) is 0 Å². The Kier molecular flexibility index (Phi) is 13.7. The normalized spacial score (nSPS) is 13.4. The number of rotatable bonds is 7. The van der Waals surface area contributed by atoms with E-state index in [1.807, 2.05) is 0 Å². The number of aliphatic carboxylic acids is 2. The van der Waals surface area contributed by atoms with E-state index in [0.29, 0.717) is 0 Å². The number of carboxylic acid groups (broad SMARTS) is 2. The molecule has 0 amide bonds. The van der Waals surface area contributed by atoms with E-state index in [4.69, 9.17) is 31.7 Å². The van der Waals surface area contributed by atoms with Gasteiger partial charge < -0.3 is 21.7 Å². The van der Waals surface area contributed by atoms with Crippen LogP contribution in [-0.2, 0) is 12.7 Å². The molecule has 0 rings (SSSR count). The fourth-order valence-corrected chi connectivity index (χ4v) is 2.61. The van der Waals surface area contributed by atoms with E-state index in [1.165, 1.54) is 21.6 Å². The number of carbonyl (C=O) groups is 2. The van der Waals surface area contributed by atoms with Gasteiger partial charge in [0.25, 0.3) is 0 Å². The molecule has 0 saturated carbocycles. The maximum absolute atomic E-state index is 10.3. The molecular formula is C6H14N2O7S2Te. The first-order valence-electron chi connectivity index (χ1n) is 4.19. The van der Waals surface area contributed by atoms with Gasteiger partial charge in [0.1, 0.15) is 12.1 Å². The zero-order chi connectivity index (χ0) is 14.7. The van der Waals surface area contributed by atoms with Gasteiger partial charge in [0.05, 0.1) is 0 Å². The first kappa shape index (κ1) is 20.4. The van der Waals surface area contributed by atoms with Crippen molar-refractivity contribution in [3.05, 3.63) is 0 Å². The predicted octanol–water partition coefficient (Wildman–Crippen LogP) is -2.42. The standard InChI is InChI=1S/C6H12N2O4S2.H2O3Te/c7-3(5(9)10)1-13-14-2-4(8)6(11)12;1-4(2)3/h3-4H,1-2,7-8H2,(H,9,10)(H,11,12);(H2,1,2,3)/t3-,4?;/m0./s1. The van der Waals surface area contributed by atoms with Crippen LogP contribution in [-0.4, -0.2) is 73.0 Å². The van der Waals surface area contributed by atoms with Crippen molar-refractivity contribution in [1.29, 1.82) is 0 Å². The summed E-state index contributed by atoms with van der Waals surface area (Å²) in [6, 6.07) is -1.85. The number of hydrogen-bond donors (Lipinski definition) is 6. The SMILES string of the molecule is NC(CSSC[C@H](N)C(=O)O)C(=O)O.O=[Te](O)O. The molecule has 9 nitrogen and oxygen atoms in total. The van der Waals surface area contributed by atoms with Crippen LogP contribution in [0.1, 0.15) is 0 Å².